The third-order valence-electron chi connectivity index (χ3n) is 4.36. The van der Waals surface area contributed by atoms with Gasteiger partial charge in [0.05, 0.1) is 6.61 Å². The molecular formula is C24H26N2O. The van der Waals surface area contributed by atoms with Gasteiger partial charge < -0.3 is 0 Å². The van der Waals surface area contributed by atoms with Crippen LogP contribution >= 0.6 is 0 Å². The van der Waals surface area contributed by atoms with E-state index < -0.39 is 0 Å². The highest BCUT2D eigenvalue weighted by Crippen LogP contribution is 2.25. The zero-order valence-electron chi connectivity index (χ0n) is 16.1. The van der Waals surface area contributed by atoms with Crippen molar-refractivity contribution in [2.45, 2.75) is 33.4 Å². The van der Waals surface area contributed by atoms with Gasteiger partial charge in [-0.25, -0.2) is 5.48 Å². The lowest BCUT2D eigenvalue weighted by Crippen LogP contribution is -2.26. The number of hydrogen-bond acceptors (Lipinski definition) is 2. The molecule has 0 saturated heterocycles. The number of rotatable bonds is 6. The summed E-state index contributed by atoms with van der Waals surface area (Å²) >= 11 is 0. The van der Waals surface area contributed by atoms with Crippen molar-refractivity contribution in [2.24, 2.45) is 4.99 Å². The molecule has 0 aliphatic carbocycles. The lowest BCUT2D eigenvalue weighted by atomic mass is 9.97. The Morgan fingerprint density at radius 2 is 1.56 bits per heavy atom. The quantitative estimate of drug-likeness (QED) is 0.357. The predicted molar refractivity (Wildman–Crippen MR) is 113 cm³/mol. The molecule has 27 heavy (non-hydrogen) atoms. The molecule has 3 aromatic rings. The number of nitrogens with one attached hydrogen (secondary N) is 1. The molecule has 3 nitrogen and oxygen atoms in total. The van der Waals surface area contributed by atoms with Gasteiger partial charge in [-0.05, 0) is 43.0 Å². The molecule has 0 aliphatic rings. The largest absolute Gasteiger partial charge is 0.270 e. The molecule has 3 aromatic carbocycles. The normalized spacial score (nSPS) is 11.6. The van der Waals surface area contributed by atoms with Gasteiger partial charge in [0.15, 0.2) is 5.84 Å². The van der Waals surface area contributed by atoms with E-state index in [0.29, 0.717) is 6.61 Å². The minimum Gasteiger partial charge on any atom is -0.270 e. The highest BCUT2D eigenvalue weighted by atomic mass is 16.6. The molecular weight excluding hydrogens is 332 g/mol. The van der Waals surface area contributed by atoms with Crippen LogP contribution in [0.3, 0.4) is 0 Å². The van der Waals surface area contributed by atoms with Crippen LogP contribution in [0.5, 0.6) is 0 Å². The van der Waals surface area contributed by atoms with E-state index in [9.17, 15) is 0 Å². The maximum Gasteiger partial charge on any atom is 0.152 e. The molecule has 138 valence electrons. The Morgan fingerprint density at radius 1 is 0.889 bits per heavy atom. The fourth-order valence-corrected chi connectivity index (χ4v) is 2.97. The molecule has 0 heterocycles. The summed E-state index contributed by atoms with van der Waals surface area (Å²) < 4.78 is 0. The second-order valence-corrected chi connectivity index (χ2v) is 6.78. The topological polar surface area (TPSA) is 33.6 Å². The maximum atomic E-state index is 5.83. The smallest absolute Gasteiger partial charge is 0.152 e. The number of aliphatic imine (C=N–C) groups is 1. The summed E-state index contributed by atoms with van der Waals surface area (Å²) in [5.74, 6) is 0.752. The van der Waals surface area contributed by atoms with Crippen LogP contribution < -0.4 is 5.48 Å². The van der Waals surface area contributed by atoms with E-state index in [4.69, 9.17) is 4.84 Å². The number of hydrogen-bond donors (Lipinski definition) is 1. The first-order valence-electron chi connectivity index (χ1n) is 9.30. The molecule has 0 spiro atoms. The SMILES string of the molecule is Cc1c(CONC(=NC(C)C)c2ccccc2)cccc1-c1ccccc1. The molecule has 3 heteroatoms. The summed E-state index contributed by atoms with van der Waals surface area (Å²) in [6.45, 7) is 6.72. The van der Waals surface area contributed by atoms with Gasteiger partial charge in [0.2, 0.25) is 0 Å². The molecule has 1 N–H and O–H groups in total. The third-order valence-corrected chi connectivity index (χ3v) is 4.36. The molecule has 0 fully saturated rings. The minimum absolute atomic E-state index is 0.180. The first-order chi connectivity index (χ1) is 13.1. The van der Waals surface area contributed by atoms with Gasteiger partial charge in [0.25, 0.3) is 0 Å². The first-order valence-corrected chi connectivity index (χ1v) is 9.30. The van der Waals surface area contributed by atoms with E-state index in [2.05, 4.69) is 73.7 Å². The summed E-state index contributed by atoms with van der Waals surface area (Å²) in [6.07, 6.45) is 0. The Bertz CT molecular complexity index is 887. The molecule has 0 atom stereocenters. The van der Waals surface area contributed by atoms with E-state index in [1.54, 1.807) is 0 Å². The molecule has 0 amide bonds. The van der Waals surface area contributed by atoms with Gasteiger partial charge in [0.1, 0.15) is 0 Å². The van der Waals surface area contributed by atoms with E-state index >= 15 is 0 Å². The van der Waals surface area contributed by atoms with E-state index in [-0.39, 0.29) is 6.04 Å². The van der Waals surface area contributed by atoms with Crippen molar-refractivity contribution in [3.05, 3.63) is 95.6 Å². The maximum absolute atomic E-state index is 5.83. The van der Waals surface area contributed by atoms with E-state index in [1.165, 1.54) is 16.7 Å². The molecule has 0 saturated carbocycles. The first kappa shape index (κ1) is 18.9. The molecule has 0 bridgehead atoms. The van der Waals surface area contributed by atoms with Crippen molar-refractivity contribution < 1.29 is 4.84 Å². The van der Waals surface area contributed by atoms with Crippen LogP contribution in [0.15, 0.2) is 83.9 Å². The molecule has 0 unspecified atom stereocenters. The predicted octanol–water partition coefficient (Wildman–Crippen LogP) is 5.54. The monoisotopic (exact) mass is 358 g/mol. The van der Waals surface area contributed by atoms with Crippen LogP contribution in [-0.2, 0) is 11.4 Å². The average molecular weight is 358 g/mol. The van der Waals surface area contributed by atoms with Gasteiger partial charge in [-0.1, -0.05) is 78.9 Å². The van der Waals surface area contributed by atoms with Crippen LogP contribution in [-0.4, -0.2) is 11.9 Å². The van der Waals surface area contributed by atoms with Crippen molar-refractivity contribution in [2.75, 3.05) is 0 Å². The van der Waals surface area contributed by atoms with Crippen molar-refractivity contribution in [1.82, 2.24) is 5.48 Å². The summed E-state index contributed by atoms with van der Waals surface area (Å²) in [6, 6.07) is 27.0. The molecule has 0 aromatic heterocycles. The van der Waals surface area contributed by atoms with Crippen LogP contribution in [0, 0.1) is 6.92 Å². The fraction of sp³-hybridized carbons (Fsp3) is 0.208. The van der Waals surface area contributed by atoms with Crippen LogP contribution in [0.25, 0.3) is 11.1 Å². The average Bonchev–Trinajstić information content (AvgIpc) is 2.69. The van der Waals surface area contributed by atoms with E-state index in [0.717, 1.165) is 17.0 Å². The minimum atomic E-state index is 0.180. The highest BCUT2D eigenvalue weighted by molar-refractivity contribution is 5.98. The van der Waals surface area contributed by atoms with Gasteiger partial charge in [-0.3, -0.25) is 9.83 Å². The summed E-state index contributed by atoms with van der Waals surface area (Å²) in [7, 11) is 0. The number of nitrogens with zero attached hydrogens (tertiary/aromatic N) is 1. The molecule has 3 rings (SSSR count). The Kier molecular flexibility index (Phi) is 6.39. The zero-order valence-corrected chi connectivity index (χ0v) is 16.1. The lowest BCUT2D eigenvalue weighted by molar-refractivity contribution is 0.0710. The van der Waals surface area contributed by atoms with Gasteiger partial charge >= 0.3 is 0 Å². The second kappa shape index (κ2) is 9.15. The fourth-order valence-electron chi connectivity index (χ4n) is 2.97. The number of amidine groups is 1. The molecule has 0 radical (unpaired) electrons. The summed E-state index contributed by atoms with van der Waals surface area (Å²) in [4.78, 5) is 10.5. The summed E-state index contributed by atoms with van der Waals surface area (Å²) in [5.41, 5.74) is 8.90. The Hall–Kier alpha value is -2.91. The van der Waals surface area contributed by atoms with Crippen LogP contribution in [0.1, 0.15) is 30.5 Å². The van der Waals surface area contributed by atoms with Gasteiger partial charge in [-0.15, -0.1) is 0 Å². The number of hydroxylamine groups is 1. The third kappa shape index (κ3) is 5.05. The van der Waals surface area contributed by atoms with Gasteiger partial charge in [0, 0.05) is 11.6 Å². The second-order valence-electron chi connectivity index (χ2n) is 6.78. The Balaban J connectivity index is 1.73. The zero-order chi connectivity index (χ0) is 19.1. The Morgan fingerprint density at radius 3 is 2.22 bits per heavy atom. The highest BCUT2D eigenvalue weighted by Gasteiger charge is 2.08. The van der Waals surface area contributed by atoms with Crippen LogP contribution in [0.2, 0.25) is 0 Å². The van der Waals surface area contributed by atoms with Crippen molar-refractivity contribution in [3.63, 3.8) is 0 Å². The number of benzene rings is 3. The lowest BCUT2D eigenvalue weighted by Gasteiger charge is -2.14. The Labute approximate surface area is 161 Å². The van der Waals surface area contributed by atoms with Gasteiger partial charge in [-0.2, -0.15) is 0 Å². The van der Waals surface area contributed by atoms with E-state index in [1.807, 2.05) is 36.4 Å². The van der Waals surface area contributed by atoms with Crippen molar-refractivity contribution >= 4 is 5.84 Å². The van der Waals surface area contributed by atoms with Crippen molar-refractivity contribution in [1.29, 1.82) is 0 Å². The molecule has 0 aliphatic heterocycles. The summed E-state index contributed by atoms with van der Waals surface area (Å²) in [5, 5.41) is 0. The standard InChI is InChI=1S/C24H26N2O/c1-18(2)25-24(21-13-8-5-9-14-21)26-27-17-22-15-10-16-23(19(22)3)20-11-6-4-7-12-20/h4-16,18H,17H2,1-3H3,(H,25,26). The van der Waals surface area contributed by atoms with Crippen molar-refractivity contribution in [3.8, 4) is 11.1 Å². The van der Waals surface area contributed by atoms with Crippen LogP contribution in [0.4, 0.5) is 0 Å².